The molecule has 0 aromatic heterocycles. The third-order valence-corrected chi connectivity index (χ3v) is 3.02. The maximum atomic E-state index is 11.0. The van der Waals surface area contributed by atoms with Gasteiger partial charge in [-0.2, -0.15) is 0 Å². The van der Waals surface area contributed by atoms with E-state index >= 15 is 0 Å². The van der Waals surface area contributed by atoms with Gasteiger partial charge in [0.2, 0.25) is 0 Å². The first kappa shape index (κ1) is 15.8. The van der Waals surface area contributed by atoms with Gasteiger partial charge in [0.15, 0.2) is 0 Å². The average molecular weight is 286 g/mol. The molecule has 0 aliphatic heterocycles. The fourth-order valence-corrected chi connectivity index (χ4v) is 1.74. The fraction of sp³-hybridized carbons (Fsp3) is 0.500. The second kappa shape index (κ2) is 6.26. The highest BCUT2D eigenvalue weighted by atomic mass is 35.5. The molecule has 0 heterocycles. The summed E-state index contributed by atoms with van der Waals surface area (Å²) in [4.78, 5) is 11.0. The normalized spacial score (nSPS) is 13.1. The first-order chi connectivity index (χ1) is 8.72. The molecular formula is C14H20ClNO3. The Hall–Kier alpha value is -1.26. The van der Waals surface area contributed by atoms with Crippen LogP contribution in [0.4, 0.5) is 0 Å². The number of aliphatic carboxylic acids is 1. The number of benzene rings is 1. The average Bonchev–Trinajstić information content (AvgIpc) is 2.26. The number of carboxylic acids is 1. The predicted octanol–water partition coefficient (Wildman–Crippen LogP) is 2.72. The molecule has 1 atom stereocenters. The summed E-state index contributed by atoms with van der Waals surface area (Å²) in [6.45, 7) is 5.20. The van der Waals surface area contributed by atoms with Crippen molar-refractivity contribution in [2.45, 2.75) is 33.2 Å². The van der Waals surface area contributed by atoms with Crippen molar-refractivity contribution < 1.29 is 14.6 Å². The fourth-order valence-electron chi connectivity index (χ4n) is 1.48. The molecule has 1 unspecified atom stereocenters. The summed E-state index contributed by atoms with van der Waals surface area (Å²) in [7, 11) is 0. The van der Waals surface area contributed by atoms with E-state index in [1.165, 1.54) is 0 Å². The molecule has 0 saturated carbocycles. The van der Waals surface area contributed by atoms with E-state index in [-0.39, 0.29) is 12.6 Å². The van der Waals surface area contributed by atoms with Gasteiger partial charge in [-0.1, -0.05) is 17.7 Å². The van der Waals surface area contributed by atoms with Crippen molar-refractivity contribution in [3.8, 4) is 5.75 Å². The Labute approximate surface area is 118 Å². The number of carboxylic acid groups (broad SMARTS) is 1. The van der Waals surface area contributed by atoms with Gasteiger partial charge in [0.1, 0.15) is 12.4 Å². The predicted molar refractivity (Wildman–Crippen MR) is 75.7 cm³/mol. The summed E-state index contributed by atoms with van der Waals surface area (Å²) in [6, 6.07) is 5.50. The van der Waals surface area contributed by atoms with Gasteiger partial charge < -0.3 is 15.6 Å². The lowest BCUT2D eigenvalue weighted by Gasteiger charge is -2.20. The zero-order valence-electron chi connectivity index (χ0n) is 11.4. The van der Waals surface area contributed by atoms with E-state index in [0.717, 1.165) is 12.0 Å². The number of ether oxygens (including phenoxy) is 1. The van der Waals surface area contributed by atoms with Crippen molar-refractivity contribution in [2.75, 3.05) is 6.61 Å². The van der Waals surface area contributed by atoms with Crippen molar-refractivity contribution in [3.63, 3.8) is 0 Å². The number of rotatable bonds is 6. The molecule has 0 radical (unpaired) electrons. The number of hydrogen-bond donors (Lipinski definition) is 2. The Morgan fingerprint density at radius 3 is 2.63 bits per heavy atom. The Morgan fingerprint density at radius 2 is 2.16 bits per heavy atom. The summed E-state index contributed by atoms with van der Waals surface area (Å²) in [5, 5.41) is 9.48. The van der Waals surface area contributed by atoms with E-state index < -0.39 is 11.4 Å². The van der Waals surface area contributed by atoms with Crippen molar-refractivity contribution in [1.29, 1.82) is 0 Å². The second-order valence-electron chi connectivity index (χ2n) is 5.42. The standard InChI is InChI=1S/C14H20ClNO3/c1-9(16)6-10-4-5-12(11(15)7-10)19-8-14(2,3)13(17)18/h4-5,7,9H,6,8,16H2,1-3H3,(H,17,18). The van der Waals surface area contributed by atoms with Crippen LogP contribution < -0.4 is 10.5 Å². The Balaban J connectivity index is 2.73. The van der Waals surface area contributed by atoms with Crippen LogP contribution >= 0.6 is 11.6 Å². The summed E-state index contributed by atoms with van der Waals surface area (Å²) in [5.41, 5.74) is 5.80. The first-order valence-corrected chi connectivity index (χ1v) is 6.50. The lowest BCUT2D eigenvalue weighted by molar-refractivity contribution is -0.148. The van der Waals surface area contributed by atoms with Gasteiger partial charge in [0.05, 0.1) is 10.4 Å². The van der Waals surface area contributed by atoms with E-state index in [2.05, 4.69) is 0 Å². The molecule has 1 aromatic rings. The Kier molecular flexibility index (Phi) is 5.20. The van der Waals surface area contributed by atoms with Crippen LogP contribution in [-0.2, 0) is 11.2 Å². The van der Waals surface area contributed by atoms with Crippen molar-refractivity contribution in [2.24, 2.45) is 11.1 Å². The molecule has 0 saturated heterocycles. The number of halogens is 1. The van der Waals surface area contributed by atoms with Gasteiger partial charge in [-0.3, -0.25) is 4.79 Å². The van der Waals surface area contributed by atoms with Crippen LogP contribution in [0.3, 0.4) is 0 Å². The number of carbonyl (C=O) groups is 1. The molecule has 0 aliphatic carbocycles. The van der Waals surface area contributed by atoms with Crippen LogP contribution in [0.5, 0.6) is 5.75 Å². The van der Waals surface area contributed by atoms with Crippen molar-refractivity contribution in [3.05, 3.63) is 28.8 Å². The third kappa shape index (κ3) is 4.73. The van der Waals surface area contributed by atoms with E-state index in [9.17, 15) is 4.79 Å². The molecule has 0 aliphatic rings. The summed E-state index contributed by atoms with van der Waals surface area (Å²) in [5.74, 6) is -0.415. The lowest BCUT2D eigenvalue weighted by Crippen LogP contribution is -2.30. The summed E-state index contributed by atoms with van der Waals surface area (Å²) < 4.78 is 5.48. The zero-order chi connectivity index (χ0) is 14.6. The van der Waals surface area contributed by atoms with Gasteiger partial charge in [0.25, 0.3) is 0 Å². The Morgan fingerprint density at radius 1 is 1.53 bits per heavy atom. The van der Waals surface area contributed by atoms with Crippen LogP contribution in [0.25, 0.3) is 0 Å². The molecule has 0 fully saturated rings. The monoisotopic (exact) mass is 285 g/mol. The molecule has 4 nitrogen and oxygen atoms in total. The van der Waals surface area contributed by atoms with Crippen molar-refractivity contribution in [1.82, 2.24) is 0 Å². The molecular weight excluding hydrogens is 266 g/mol. The maximum absolute atomic E-state index is 11.0. The quantitative estimate of drug-likeness (QED) is 0.843. The lowest BCUT2D eigenvalue weighted by atomic mass is 9.95. The molecule has 5 heteroatoms. The van der Waals surface area contributed by atoms with Crippen LogP contribution in [0.2, 0.25) is 5.02 Å². The largest absolute Gasteiger partial charge is 0.491 e. The van der Waals surface area contributed by atoms with Gasteiger partial charge >= 0.3 is 5.97 Å². The van der Waals surface area contributed by atoms with Gasteiger partial charge in [-0.05, 0) is 44.9 Å². The van der Waals surface area contributed by atoms with Crippen molar-refractivity contribution >= 4 is 17.6 Å². The number of nitrogens with two attached hydrogens (primary N) is 1. The highest BCUT2D eigenvalue weighted by molar-refractivity contribution is 6.32. The van der Waals surface area contributed by atoms with E-state index in [1.54, 1.807) is 26.0 Å². The van der Waals surface area contributed by atoms with Gasteiger partial charge in [0, 0.05) is 6.04 Å². The minimum atomic E-state index is -0.951. The molecule has 1 rings (SSSR count). The summed E-state index contributed by atoms with van der Waals surface area (Å²) in [6.07, 6.45) is 0.737. The molecule has 0 amide bonds. The van der Waals surface area contributed by atoms with Gasteiger partial charge in [-0.25, -0.2) is 0 Å². The zero-order valence-corrected chi connectivity index (χ0v) is 12.2. The minimum absolute atomic E-state index is 0.0637. The Bertz CT molecular complexity index is 458. The minimum Gasteiger partial charge on any atom is -0.491 e. The second-order valence-corrected chi connectivity index (χ2v) is 5.83. The molecule has 19 heavy (non-hydrogen) atoms. The highest BCUT2D eigenvalue weighted by Crippen LogP contribution is 2.28. The van der Waals surface area contributed by atoms with Crippen LogP contribution in [0.15, 0.2) is 18.2 Å². The molecule has 0 spiro atoms. The van der Waals surface area contributed by atoms with Crippen LogP contribution in [0, 0.1) is 5.41 Å². The maximum Gasteiger partial charge on any atom is 0.312 e. The topological polar surface area (TPSA) is 72.5 Å². The van der Waals surface area contributed by atoms with Gasteiger partial charge in [-0.15, -0.1) is 0 Å². The molecule has 0 bridgehead atoms. The van der Waals surface area contributed by atoms with Crippen LogP contribution in [-0.4, -0.2) is 23.7 Å². The molecule has 3 N–H and O–H groups in total. The third-order valence-electron chi connectivity index (χ3n) is 2.72. The highest BCUT2D eigenvalue weighted by Gasteiger charge is 2.28. The number of hydrogen-bond acceptors (Lipinski definition) is 3. The van der Waals surface area contributed by atoms with E-state index in [0.29, 0.717) is 10.8 Å². The van der Waals surface area contributed by atoms with E-state index in [1.807, 2.05) is 13.0 Å². The molecule has 106 valence electrons. The smallest absolute Gasteiger partial charge is 0.312 e. The van der Waals surface area contributed by atoms with Crippen LogP contribution in [0.1, 0.15) is 26.3 Å². The SMILES string of the molecule is CC(N)Cc1ccc(OCC(C)(C)C(=O)O)c(Cl)c1. The first-order valence-electron chi connectivity index (χ1n) is 6.12. The molecule has 1 aromatic carbocycles. The van der Waals surface area contributed by atoms with E-state index in [4.69, 9.17) is 27.2 Å². The summed E-state index contributed by atoms with van der Waals surface area (Å²) >= 11 is 6.11.